The number of aromatic nitrogens is 2. The topological polar surface area (TPSA) is 66.4 Å². The highest BCUT2D eigenvalue weighted by molar-refractivity contribution is 7.88. The molecule has 0 bridgehead atoms. The molecule has 0 atom stereocenters. The van der Waals surface area contributed by atoms with Crippen molar-refractivity contribution in [1.29, 1.82) is 0 Å². The molecule has 1 saturated heterocycles. The smallest absolute Gasteiger partial charge is 0.352 e. The van der Waals surface area contributed by atoms with Crippen LogP contribution in [0, 0.1) is 0 Å². The zero-order valence-electron chi connectivity index (χ0n) is 10.6. The Morgan fingerprint density at radius 3 is 2.10 bits per heavy atom. The molecule has 1 aliphatic heterocycles. The molecule has 112 valence electrons. The van der Waals surface area contributed by atoms with Crippen LogP contribution >= 0.6 is 0 Å². The molecule has 0 aromatic carbocycles. The van der Waals surface area contributed by atoms with Crippen LogP contribution in [0.5, 0.6) is 0 Å². The van der Waals surface area contributed by atoms with Gasteiger partial charge in [0.05, 0.1) is 6.26 Å². The van der Waals surface area contributed by atoms with Gasteiger partial charge in [0, 0.05) is 26.2 Å². The first-order valence-electron chi connectivity index (χ1n) is 5.79. The number of sulfonamides is 1. The Hall–Kier alpha value is -1.42. The highest BCUT2D eigenvalue weighted by atomic mass is 32.2. The molecule has 0 aliphatic carbocycles. The van der Waals surface area contributed by atoms with Crippen molar-refractivity contribution < 1.29 is 21.6 Å². The van der Waals surface area contributed by atoms with Crippen LogP contribution in [0.15, 0.2) is 12.1 Å². The van der Waals surface area contributed by atoms with E-state index < -0.39 is 21.9 Å². The first-order valence-corrected chi connectivity index (χ1v) is 7.64. The van der Waals surface area contributed by atoms with Crippen molar-refractivity contribution in [2.45, 2.75) is 6.18 Å². The van der Waals surface area contributed by atoms with Crippen molar-refractivity contribution in [3.8, 4) is 0 Å². The summed E-state index contributed by atoms with van der Waals surface area (Å²) in [5.74, 6) is 0.311. The summed E-state index contributed by atoms with van der Waals surface area (Å²) in [6.07, 6.45) is -3.39. The molecule has 0 amide bonds. The SMILES string of the molecule is CS(=O)(=O)N1CCN(c2ccc(C(F)(F)F)nn2)CC1. The molecule has 2 heterocycles. The average molecular weight is 310 g/mol. The van der Waals surface area contributed by atoms with E-state index in [4.69, 9.17) is 0 Å². The third-order valence-corrected chi connectivity index (χ3v) is 4.28. The number of alkyl halides is 3. The molecular formula is C10H13F3N4O2S. The minimum Gasteiger partial charge on any atom is -0.352 e. The van der Waals surface area contributed by atoms with Crippen LogP contribution < -0.4 is 4.90 Å². The third-order valence-electron chi connectivity index (χ3n) is 2.97. The van der Waals surface area contributed by atoms with Gasteiger partial charge in [0.1, 0.15) is 0 Å². The first kappa shape index (κ1) is 15.0. The lowest BCUT2D eigenvalue weighted by molar-refractivity contribution is -0.141. The molecule has 1 aliphatic rings. The van der Waals surface area contributed by atoms with Gasteiger partial charge in [0.15, 0.2) is 11.5 Å². The predicted molar refractivity (Wildman–Crippen MR) is 65.7 cm³/mol. The van der Waals surface area contributed by atoms with Crippen molar-refractivity contribution >= 4 is 15.8 Å². The summed E-state index contributed by atoms with van der Waals surface area (Å²) in [6.45, 7) is 1.29. The second-order valence-electron chi connectivity index (χ2n) is 4.42. The summed E-state index contributed by atoms with van der Waals surface area (Å²) in [4.78, 5) is 1.70. The Morgan fingerprint density at radius 2 is 1.70 bits per heavy atom. The van der Waals surface area contributed by atoms with Gasteiger partial charge < -0.3 is 4.90 Å². The Balaban J connectivity index is 2.04. The minimum atomic E-state index is -4.51. The van der Waals surface area contributed by atoms with Crippen LogP contribution in [0.3, 0.4) is 0 Å². The van der Waals surface area contributed by atoms with E-state index in [1.54, 1.807) is 4.90 Å². The molecule has 6 nitrogen and oxygen atoms in total. The second-order valence-corrected chi connectivity index (χ2v) is 6.41. The van der Waals surface area contributed by atoms with E-state index >= 15 is 0 Å². The fourth-order valence-corrected chi connectivity index (χ4v) is 2.72. The van der Waals surface area contributed by atoms with Gasteiger partial charge >= 0.3 is 6.18 Å². The number of hydrogen-bond acceptors (Lipinski definition) is 5. The van der Waals surface area contributed by atoms with Crippen molar-refractivity contribution in [3.63, 3.8) is 0 Å². The van der Waals surface area contributed by atoms with E-state index in [2.05, 4.69) is 10.2 Å². The monoisotopic (exact) mass is 310 g/mol. The molecule has 0 spiro atoms. The van der Waals surface area contributed by atoms with Crippen molar-refractivity contribution in [2.24, 2.45) is 0 Å². The first-order chi connectivity index (χ1) is 9.18. The van der Waals surface area contributed by atoms with E-state index in [1.807, 2.05) is 0 Å². The normalized spacial score (nSPS) is 18.3. The fourth-order valence-electron chi connectivity index (χ4n) is 1.89. The summed E-state index contributed by atoms with van der Waals surface area (Å²) >= 11 is 0. The average Bonchev–Trinajstić information content (AvgIpc) is 2.37. The Bertz CT molecular complexity index is 565. The second kappa shape index (κ2) is 5.17. The van der Waals surface area contributed by atoms with Crippen LogP contribution in [0.1, 0.15) is 5.69 Å². The molecule has 1 aromatic rings. The molecule has 20 heavy (non-hydrogen) atoms. The molecule has 2 rings (SSSR count). The highest BCUT2D eigenvalue weighted by Gasteiger charge is 2.33. The van der Waals surface area contributed by atoms with E-state index in [0.29, 0.717) is 18.9 Å². The summed E-state index contributed by atoms with van der Waals surface area (Å²) < 4.78 is 61.1. The molecule has 1 aromatic heterocycles. The number of rotatable bonds is 2. The van der Waals surface area contributed by atoms with Gasteiger partial charge in [-0.15, -0.1) is 10.2 Å². The lowest BCUT2D eigenvalue weighted by atomic mass is 10.3. The van der Waals surface area contributed by atoms with Gasteiger partial charge in [-0.1, -0.05) is 0 Å². The fraction of sp³-hybridized carbons (Fsp3) is 0.600. The van der Waals surface area contributed by atoms with Crippen LogP contribution in [0.2, 0.25) is 0 Å². The van der Waals surface area contributed by atoms with Gasteiger partial charge in [0.2, 0.25) is 10.0 Å². The summed E-state index contributed by atoms with van der Waals surface area (Å²) in [5.41, 5.74) is -1.05. The van der Waals surface area contributed by atoms with Crippen LogP contribution in [-0.2, 0) is 16.2 Å². The van der Waals surface area contributed by atoms with E-state index in [9.17, 15) is 21.6 Å². The summed E-state index contributed by atoms with van der Waals surface area (Å²) in [7, 11) is -3.24. The molecule has 0 radical (unpaired) electrons. The number of piperazine rings is 1. The number of anilines is 1. The van der Waals surface area contributed by atoms with Crippen molar-refractivity contribution in [3.05, 3.63) is 17.8 Å². The predicted octanol–water partition coefficient (Wildman–Crippen LogP) is 0.577. The third kappa shape index (κ3) is 3.37. The Morgan fingerprint density at radius 1 is 1.10 bits per heavy atom. The quantitative estimate of drug-likeness (QED) is 0.799. The maximum Gasteiger partial charge on any atom is 0.435 e. The van der Waals surface area contributed by atoms with Crippen LogP contribution in [0.25, 0.3) is 0 Å². The maximum atomic E-state index is 12.4. The molecule has 0 N–H and O–H groups in total. The maximum absolute atomic E-state index is 12.4. The zero-order chi connectivity index (χ0) is 15.0. The Labute approximate surface area is 114 Å². The van der Waals surface area contributed by atoms with Crippen molar-refractivity contribution in [2.75, 3.05) is 37.3 Å². The van der Waals surface area contributed by atoms with E-state index in [-0.39, 0.29) is 13.1 Å². The van der Waals surface area contributed by atoms with E-state index in [1.165, 1.54) is 10.4 Å². The van der Waals surface area contributed by atoms with Gasteiger partial charge in [-0.3, -0.25) is 0 Å². The number of nitrogens with zero attached hydrogens (tertiary/aromatic N) is 4. The molecule has 1 fully saturated rings. The molecule has 0 unspecified atom stereocenters. The minimum absolute atomic E-state index is 0.279. The van der Waals surface area contributed by atoms with Gasteiger partial charge in [-0.25, -0.2) is 8.42 Å². The molecule has 10 heteroatoms. The number of hydrogen-bond donors (Lipinski definition) is 0. The standard InChI is InChI=1S/C10H13F3N4O2S/c1-20(18,19)17-6-4-16(5-7-17)9-3-2-8(14-15-9)10(11,12)13/h2-3H,4-7H2,1H3. The zero-order valence-corrected chi connectivity index (χ0v) is 11.4. The van der Waals surface area contributed by atoms with Crippen molar-refractivity contribution in [1.82, 2.24) is 14.5 Å². The molecule has 0 saturated carbocycles. The highest BCUT2D eigenvalue weighted by Crippen LogP contribution is 2.27. The van der Waals surface area contributed by atoms with Crippen LogP contribution in [-0.4, -0.2) is 55.4 Å². The van der Waals surface area contributed by atoms with Gasteiger partial charge in [0.25, 0.3) is 0 Å². The van der Waals surface area contributed by atoms with E-state index in [0.717, 1.165) is 12.3 Å². The number of halogens is 3. The summed E-state index contributed by atoms with van der Waals surface area (Å²) in [5, 5.41) is 6.69. The Kier molecular flexibility index (Phi) is 3.87. The lowest BCUT2D eigenvalue weighted by Gasteiger charge is -2.33. The molecular weight excluding hydrogens is 297 g/mol. The van der Waals surface area contributed by atoms with Gasteiger partial charge in [-0.05, 0) is 12.1 Å². The van der Waals surface area contributed by atoms with Gasteiger partial charge in [-0.2, -0.15) is 17.5 Å². The lowest BCUT2D eigenvalue weighted by Crippen LogP contribution is -2.48. The summed E-state index contributed by atoms with van der Waals surface area (Å²) in [6, 6.07) is 2.11. The largest absolute Gasteiger partial charge is 0.435 e. The van der Waals surface area contributed by atoms with Crippen LogP contribution in [0.4, 0.5) is 19.0 Å².